The number of hydrogen-bond donors (Lipinski definition) is 1. The van der Waals surface area contributed by atoms with Crippen LogP contribution in [-0.4, -0.2) is 31.1 Å². The highest BCUT2D eigenvalue weighted by atomic mass is 79.9. The zero-order chi connectivity index (χ0) is 13.8. The molecule has 19 heavy (non-hydrogen) atoms. The Morgan fingerprint density at radius 3 is 2.47 bits per heavy atom. The molecule has 1 saturated heterocycles. The van der Waals surface area contributed by atoms with Crippen LogP contribution in [0.15, 0.2) is 28.7 Å². The second-order valence-electron chi connectivity index (χ2n) is 5.84. The first-order chi connectivity index (χ1) is 9.08. The average Bonchev–Trinajstić information content (AvgIpc) is 2.39. The number of hydrogen-bond acceptors (Lipinski definition) is 2. The van der Waals surface area contributed by atoms with Gasteiger partial charge in [0.2, 0.25) is 0 Å². The van der Waals surface area contributed by atoms with Crippen LogP contribution in [0.1, 0.15) is 38.3 Å². The summed E-state index contributed by atoms with van der Waals surface area (Å²) in [5, 5.41) is 3.77. The van der Waals surface area contributed by atoms with E-state index in [-0.39, 0.29) is 0 Å². The number of likely N-dealkylation sites (tertiary alicyclic amines) is 1. The molecule has 0 spiro atoms. The molecule has 1 aliphatic heterocycles. The molecule has 1 aromatic carbocycles. The molecule has 1 aromatic rings. The summed E-state index contributed by atoms with van der Waals surface area (Å²) in [7, 11) is 2.22. The molecule has 2 nitrogen and oxygen atoms in total. The fraction of sp³-hybridized carbons (Fsp3) is 0.625. The second-order valence-corrected chi connectivity index (χ2v) is 6.69. The Bertz CT molecular complexity index is 399. The van der Waals surface area contributed by atoms with E-state index in [9.17, 15) is 0 Å². The first kappa shape index (κ1) is 15.0. The lowest BCUT2D eigenvalue weighted by atomic mass is 9.90. The predicted molar refractivity (Wildman–Crippen MR) is 85.4 cm³/mol. The number of nitrogens with one attached hydrogen (secondary N) is 1. The van der Waals surface area contributed by atoms with Gasteiger partial charge in [-0.25, -0.2) is 0 Å². The zero-order valence-electron chi connectivity index (χ0n) is 12.2. The average molecular weight is 325 g/mol. The third kappa shape index (κ3) is 4.04. The van der Waals surface area contributed by atoms with Gasteiger partial charge in [-0.15, -0.1) is 0 Å². The third-order valence-corrected chi connectivity index (χ3v) is 5.08. The van der Waals surface area contributed by atoms with Crippen molar-refractivity contribution < 1.29 is 0 Å². The van der Waals surface area contributed by atoms with Gasteiger partial charge in [-0.1, -0.05) is 34.1 Å². The van der Waals surface area contributed by atoms with Crippen molar-refractivity contribution in [3.63, 3.8) is 0 Å². The van der Waals surface area contributed by atoms with E-state index >= 15 is 0 Å². The van der Waals surface area contributed by atoms with E-state index in [0.717, 1.165) is 5.92 Å². The van der Waals surface area contributed by atoms with Crippen LogP contribution >= 0.6 is 15.9 Å². The summed E-state index contributed by atoms with van der Waals surface area (Å²) in [6.07, 6.45) is 2.63. The van der Waals surface area contributed by atoms with Crippen molar-refractivity contribution in [2.45, 2.75) is 38.8 Å². The van der Waals surface area contributed by atoms with Crippen LogP contribution < -0.4 is 5.32 Å². The van der Waals surface area contributed by atoms with Gasteiger partial charge in [-0.3, -0.25) is 0 Å². The van der Waals surface area contributed by atoms with Crippen molar-refractivity contribution in [1.82, 2.24) is 10.2 Å². The Labute approximate surface area is 125 Å². The number of nitrogens with zero attached hydrogens (tertiary/aromatic N) is 1. The standard InChI is InChI=1S/C16H25BrN2/c1-12(14-8-10-19(3)11-9-14)18-13(2)15-6-4-5-7-16(15)17/h4-7,12-14,18H,8-11H2,1-3H3/t12?,13-/m0/s1. The largest absolute Gasteiger partial charge is 0.307 e. The van der Waals surface area contributed by atoms with Crippen LogP contribution in [0.3, 0.4) is 0 Å². The van der Waals surface area contributed by atoms with Crippen molar-refractivity contribution >= 4 is 15.9 Å². The normalized spacial score (nSPS) is 21.3. The number of benzene rings is 1. The Balaban J connectivity index is 1.91. The molecule has 1 aliphatic rings. The summed E-state index contributed by atoms with van der Waals surface area (Å²) >= 11 is 3.64. The highest BCUT2D eigenvalue weighted by Gasteiger charge is 2.23. The molecule has 2 atom stereocenters. The number of halogens is 1. The monoisotopic (exact) mass is 324 g/mol. The number of piperidine rings is 1. The molecule has 0 aromatic heterocycles. The molecular formula is C16H25BrN2. The maximum absolute atomic E-state index is 3.77. The molecule has 3 heteroatoms. The van der Waals surface area contributed by atoms with E-state index < -0.39 is 0 Å². The van der Waals surface area contributed by atoms with Crippen LogP contribution in [0.25, 0.3) is 0 Å². The molecule has 1 fully saturated rings. The molecule has 0 radical (unpaired) electrons. The van der Waals surface area contributed by atoms with Gasteiger partial charge < -0.3 is 10.2 Å². The first-order valence-corrected chi connectivity index (χ1v) is 8.06. The fourth-order valence-electron chi connectivity index (χ4n) is 2.98. The van der Waals surface area contributed by atoms with Crippen molar-refractivity contribution in [2.24, 2.45) is 5.92 Å². The fourth-order valence-corrected chi connectivity index (χ4v) is 3.60. The zero-order valence-corrected chi connectivity index (χ0v) is 13.8. The van der Waals surface area contributed by atoms with Crippen LogP contribution in [0.2, 0.25) is 0 Å². The summed E-state index contributed by atoms with van der Waals surface area (Å²) in [5.74, 6) is 0.807. The maximum atomic E-state index is 3.77. The SMILES string of the molecule is CC(N[C@@H](C)c1ccccc1Br)C1CCN(C)CC1. The van der Waals surface area contributed by atoms with E-state index in [0.29, 0.717) is 12.1 Å². The van der Waals surface area contributed by atoms with E-state index in [2.05, 4.69) is 71.3 Å². The quantitative estimate of drug-likeness (QED) is 0.905. The van der Waals surface area contributed by atoms with Crippen LogP contribution in [0.4, 0.5) is 0 Å². The van der Waals surface area contributed by atoms with Gasteiger partial charge in [0.1, 0.15) is 0 Å². The summed E-state index contributed by atoms with van der Waals surface area (Å²) in [6, 6.07) is 9.47. The Morgan fingerprint density at radius 1 is 1.21 bits per heavy atom. The number of rotatable bonds is 4. The third-order valence-electron chi connectivity index (χ3n) is 4.35. The Morgan fingerprint density at radius 2 is 1.84 bits per heavy atom. The summed E-state index contributed by atoms with van der Waals surface area (Å²) in [6.45, 7) is 7.06. The van der Waals surface area contributed by atoms with E-state index in [1.54, 1.807) is 0 Å². The Hall–Kier alpha value is -0.380. The maximum Gasteiger partial charge on any atom is 0.0305 e. The summed E-state index contributed by atoms with van der Waals surface area (Å²) in [4.78, 5) is 2.43. The molecule has 0 bridgehead atoms. The van der Waals surface area contributed by atoms with Gasteiger partial charge in [0.25, 0.3) is 0 Å². The lowest BCUT2D eigenvalue weighted by Crippen LogP contribution is -2.41. The summed E-state index contributed by atoms with van der Waals surface area (Å²) < 4.78 is 1.20. The molecule has 1 unspecified atom stereocenters. The van der Waals surface area contributed by atoms with Crippen molar-refractivity contribution in [3.05, 3.63) is 34.3 Å². The van der Waals surface area contributed by atoms with Gasteiger partial charge in [0.05, 0.1) is 0 Å². The predicted octanol–water partition coefficient (Wildman–Crippen LogP) is 3.83. The molecule has 0 aliphatic carbocycles. The topological polar surface area (TPSA) is 15.3 Å². The van der Waals surface area contributed by atoms with Gasteiger partial charge in [0, 0.05) is 16.6 Å². The lowest BCUT2D eigenvalue weighted by Gasteiger charge is -2.34. The lowest BCUT2D eigenvalue weighted by molar-refractivity contribution is 0.185. The molecule has 0 saturated carbocycles. The van der Waals surface area contributed by atoms with Gasteiger partial charge >= 0.3 is 0 Å². The van der Waals surface area contributed by atoms with Crippen molar-refractivity contribution in [1.29, 1.82) is 0 Å². The van der Waals surface area contributed by atoms with Crippen LogP contribution in [0, 0.1) is 5.92 Å². The minimum absolute atomic E-state index is 0.394. The van der Waals surface area contributed by atoms with Gasteiger partial charge in [-0.2, -0.15) is 0 Å². The second kappa shape index (κ2) is 6.87. The molecule has 2 rings (SSSR count). The smallest absolute Gasteiger partial charge is 0.0305 e. The van der Waals surface area contributed by atoms with E-state index in [4.69, 9.17) is 0 Å². The first-order valence-electron chi connectivity index (χ1n) is 7.27. The highest BCUT2D eigenvalue weighted by molar-refractivity contribution is 9.10. The van der Waals surface area contributed by atoms with Crippen molar-refractivity contribution in [2.75, 3.05) is 20.1 Å². The highest BCUT2D eigenvalue weighted by Crippen LogP contribution is 2.26. The Kier molecular flexibility index (Phi) is 5.43. The minimum atomic E-state index is 0.394. The molecule has 1 N–H and O–H groups in total. The van der Waals surface area contributed by atoms with Gasteiger partial charge in [0.15, 0.2) is 0 Å². The molecule has 106 valence electrons. The minimum Gasteiger partial charge on any atom is -0.307 e. The molecule has 1 heterocycles. The van der Waals surface area contributed by atoms with Crippen LogP contribution in [0.5, 0.6) is 0 Å². The molecular weight excluding hydrogens is 300 g/mol. The van der Waals surface area contributed by atoms with Crippen molar-refractivity contribution in [3.8, 4) is 0 Å². The van der Waals surface area contributed by atoms with Gasteiger partial charge in [-0.05, 0) is 64.4 Å². The molecule has 0 amide bonds. The van der Waals surface area contributed by atoms with E-state index in [1.807, 2.05) is 0 Å². The van der Waals surface area contributed by atoms with Crippen LogP contribution in [-0.2, 0) is 0 Å². The summed E-state index contributed by atoms with van der Waals surface area (Å²) in [5.41, 5.74) is 1.35. The van der Waals surface area contributed by atoms with E-state index in [1.165, 1.54) is 36.0 Å².